The second-order valence-electron chi connectivity index (χ2n) is 6.51. The van der Waals surface area contributed by atoms with Gasteiger partial charge in [0, 0.05) is 24.8 Å². The van der Waals surface area contributed by atoms with E-state index in [2.05, 4.69) is 23.5 Å². The van der Waals surface area contributed by atoms with Crippen molar-refractivity contribution in [2.24, 2.45) is 0 Å². The first-order chi connectivity index (χ1) is 12.7. The van der Waals surface area contributed by atoms with E-state index < -0.39 is 6.10 Å². The first-order valence-corrected chi connectivity index (χ1v) is 8.93. The number of rotatable bonds is 5. The second-order valence-corrected chi connectivity index (χ2v) is 6.51. The summed E-state index contributed by atoms with van der Waals surface area (Å²) in [5, 5.41) is 12.5. The molecule has 1 N–H and O–H groups in total. The molecule has 2 aromatic rings. The van der Waals surface area contributed by atoms with Crippen LogP contribution in [0.5, 0.6) is 5.75 Å². The number of ether oxygens (including phenoxy) is 1. The van der Waals surface area contributed by atoms with Crippen LogP contribution >= 0.6 is 0 Å². The van der Waals surface area contributed by atoms with Crippen LogP contribution < -0.4 is 10.1 Å². The van der Waals surface area contributed by atoms with Crippen molar-refractivity contribution in [1.82, 2.24) is 4.90 Å². The smallest absolute Gasteiger partial charge is 0.263 e. The Kier molecular flexibility index (Phi) is 5.75. The number of likely N-dealkylation sites (tertiary alicyclic amines) is 1. The lowest BCUT2D eigenvalue weighted by molar-refractivity contribution is -0.138. The number of nitrogens with zero attached hydrogens (tertiary/aromatic N) is 2. The van der Waals surface area contributed by atoms with Gasteiger partial charge in [0.2, 0.25) is 0 Å². The minimum atomic E-state index is -0.567. The highest BCUT2D eigenvalue weighted by Crippen LogP contribution is 2.19. The summed E-state index contributed by atoms with van der Waals surface area (Å²) in [5.41, 5.74) is 1.64. The number of hydrogen-bond acceptors (Lipinski definition) is 4. The molecule has 1 unspecified atom stereocenters. The predicted octanol–water partition coefficient (Wildman–Crippen LogP) is 3.43. The molecule has 1 atom stereocenters. The molecule has 2 aromatic carbocycles. The second kappa shape index (κ2) is 8.39. The zero-order chi connectivity index (χ0) is 18.4. The van der Waals surface area contributed by atoms with E-state index in [1.54, 1.807) is 31.2 Å². The molecule has 1 aliphatic rings. The number of nitrogens with one attached hydrogen (secondary N) is 1. The maximum absolute atomic E-state index is 12.6. The monoisotopic (exact) mass is 349 g/mol. The van der Waals surface area contributed by atoms with E-state index in [1.165, 1.54) is 0 Å². The predicted molar refractivity (Wildman–Crippen MR) is 101 cm³/mol. The largest absolute Gasteiger partial charge is 0.481 e. The van der Waals surface area contributed by atoms with Gasteiger partial charge in [-0.3, -0.25) is 4.79 Å². The summed E-state index contributed by atoms with van der Waals surface area (Å²) in [5.74, 6) is 0.538. The van der Waals surface area contributed by atoms with Crippen molar-refractivity contribution in [2.75, 3.05) is 18.4 Å². The SMILES string of the molecule is CC(Oc1cccc(C#N)c1)C(=O)N1CCC(Nc2ccccc2)CC1. The van der Waals surface area contributed by atoms with Gasteiger partial charge in [0.1, 0.15) is 5.75 Å². The third-order valence-corrected chi connectivity index (χ3v) is 4.57. The Morgan fingerprint density at radius 2 is 1.92 bits per heavy atom. The molecule has 3 rings (SSSR count). The third-order valence-electron chi connectivity index (χ3n) is 4.57. The molecule has 0 spiro atoms. The van der Waals surface area contributed by atoms with Gasteiger partial charge in [0.05, 0.1) is 11.6 Å². The highest BCUT2D eigenvalue weighted by molar-refractivity contribution is 5.81. The van der Waals surface area contributed by atoms with Crippen molar-refractivity contribution >= 4 is 11.6 Å². The summed E-state index contributed by atoms with van der Waals surface area (Å²) in [6.07, 6.45) is 1.26. The van der Waals surface area contributed by atoms with Crippen molar-refractivity contribution < 1.29 is 9.53 Å². The molecule has 26 heavy (non-hydrogen) atoms. The quantitative estimate of drug-likeness (QED) is 0.898. The van der Waals surface area contributed by atoms with Gasteiger partial charge >= 0.3 is 0 Å². The van der Waals surface area contributed by atoms with Crippen LogP contribution in [0.1, 0.15) is 25.3 Å². The van der Waals surface area contributed by atoms with E-state index in [9.17, 15) is 4.79 Å². The van der Waals surface area contributed by atoms with Crippen LogP contribution in [-0.4, -0.2) is 36.0 Å². The minimum Gasteiger partial charge on any atom is -0.481 e. The highest BCUT2D eigenvalue weighted by Gasteiger charge is 2.27. The Morgan fingerprint density at radius 1 is 1.19 bits per heavy atom. The standard InChI is InChI=1S/C21H23N3O2/c1-16(26-20-9-5-6-17(14-20)15-22)21(25)24-12-10-19(11-13-24)23-18-7-3-2-4-8-18/h2-9,14,16,19,23H,10-13H2,1H3. The molecule has 1 fully saturated rings. The molecule has 5 heteroatoms. The lowest BCUT2D eigenvalue weighted by Gasteiger charge is -2.34. The Bertz CT molecular complexity index is 777. The fourth-order valence-corrected chi connectivity index (χ4v) is 3.16. The van der Waals surface area contributed by atoms with Crippen LogP contribution in [0.25, 0.3) is 0 Å². The molecule has 1 heterocycles. The third kappa shape index (κ3) is 4.54. The number of benzene rings is 2. The molecule has 1 saturated heterocycles. The Labute approximate surface area is 154 Å². The van der Waals surface area contributed by atoms with E-state index in [-0.39, 0.29) is 5.91 Å². The van der Waals surface area contributed by atoms with E-state index in [4.69, 9.17) is 10.00 Å². The topological polar surface area (TPSA) is 65.4 Å². The van der Waals surface area contributed by atoms with E-state index in [0.29, 0.717) is 17.4 Å². The van der Waals surface area contributed by atoms with Crippen LogP contribution in [0.2, 0.25) is 0 Å². The summed E-state index contributed by atoms with van der Waals surface area (Å²) >= 11 is 0. The number of anilines is 1. The number of piperidine rings is 1. The van der Waals surface area contributed by atoms with Gasteiger partial charge in [-0.2, -0.15) is 5.26 Å². The van der Waals surface area contributed by atoms with Crippen molar-refractivity contribution in [3.63, 3.8) is 0 Å². The molecule has 0 aliphatic carbocycles. The first kappa shape index (κ1) is 17.8. The molecule has 0 saturated carbocycles. The van der Waals surface area contributed by atoms with Crippen LogP contribution in [0, 0.1) is 11.3 Å². The number of carbonyl (C=O) groups excluding carboxylic acids is 1. The number of hydrogen-bond donors (Lipinski definition) is 1. The van der Waals surface area contributed by atoms with E-state index >= 15 is 0 Å². The average molecular weight is 349 g/mol. The summed E-state index contributed by atoms with van der Waals surface area (Å²) < 4.78 is 5.74. The lowest BCUT2D eigenvalue weighted by Crippen LogP contribution is -2.47. The normalized spacial score (nSPS) is 15.8. The molecular weight excluding hydrogens is 326 g/mol. The molecule has 134 valence electrons. The molecular formula is C21H23N3O2. The van der Waals surface area contributed by atoms with Crippen molar-refractivity contribution in [3.05, 3.63) is 60.2 Å². The number of nitriles is 1. The van der Waals surface area contributed by atoms with Crippen LogP contribution in [0.3, 0.4) is 0 Å². The van der Waals surface area contributed by atoms with E-state index in [1.807, 2.05) is 23.1 Å². The highest BCUT2D eigenvalue weighted by atomic mass is 16.5. The van der Waals surface area contributed by atoms with Gasteiger partial charge in [-0.15, -0.1) is 0 Å². The summed E-state index contributed by atoms with van der Waals surface area (Å²) in [6.45, 7) is 3.19. The molecule has 1 aliphatic heterocycles. The maximum Gasteiger partial charge on any atom is 0.263 e. The first-order valence-electron chi connectivity index (χ1n) is 8.93. The lowest BCUT2D eigenvalue weighted by atomic mass is 10.0. The fourth-order valence-electron chi connectivity index (χ4n) is 3.16. The Morgan fingerprint density at radius 3 is 2.62 bits per heavy atom. The summed E-state index contributed by atoms with van der Waals surface area (Å²) in [6, 6.07) is 19.5. The number of carbonyl (C=O) groups is 1. The average Bonchev–Trinajstić information content (AvgIpc) is 2.69. The molecule has 0 bridgehead atoms. The van der Waals surface area contributed by atoms with Crippen molar-refractivity contribution in [2.45, 2.75) is 31.9 Å². The van der Waals surface area contributed by atoms with E-state index in [0.717, 1.165) is 31.6 Å². The summed E-state index contributed by atoms with van der Waals surface area (Å²) in [7, 11) is 0. The van der Waals surface area contributed by atoms with Gasteiger partial charge in [-0.1, -0.05) is 24.3 Å². The Hall–Kier alpha value is -3.00. The van der Waals surface area contributed by atoms with Crippen molar-refractivity contribution in [3.8, 4) is 11.8 Å². The number of para-hydroxylation sites is 1. The Balaban J connectivity index is 1.50. The minimum absolute atomic E-state index is 0.00878. The molecule has 0 aromatic heterocycles. The zero-order valence-electron chi connectivity index (χ0n) is 14.9. The molecule has 5 nitrogen and oxygen atoms in total. The van der Waals surface area contributed by atoms with Gasteiger partial charge in [-0.25, -0.2) is 0 Å². The molecule has 1 amide bonds. The van der Waals surface area contributed by atoms with Crippen LogP contribution in [0.4, 0.5) is 5.69 Å². The van der Waals surface area contributed by atoms with Crippen LogP contribution in [0.15, 0.2) is 54.6 Å². The van der Waals surface area contributed by atoms with Gasteiger partial charge < -0.3 is 15.0 Å². The fraction of sp³-hybridized carbons (Fsp3) is 0.333. The van der Waals surface area contributed by atoms with Crippen LogP contribution in [-0.2, 0) is 4.79 Å². The zero-order valence-corrected chi connectivity index (χ0v) is 14.9. The van der Waals surface area contributed by atoms with Gasteiger partial charge in [0.15, 0.2) is 6.10 Å². The maximum atomic E-state index is 12.6. The van der Waals surface area contributed by atoms with Gasteiger partial charge in [-0.05, 0) is 50.1 Å². The molecule has 0 radical (unpaired) electrons. The number of amides is 1. The summed E-state index contributed by atoms with van der Waals surface area (Å²) in [4.78, 5) is 14.5. The van der Waals surface area contributed by atoms with Crippen molar-refractivity contribution in [1.29, 1.82) is 5.26 Å². The van der Waals surface area contributed by atoms with Gasteiger partial charge in [0.25, 0.3) is 5.91 Å².